The van der Waals surface area contributed by atoms with Crippen LogP contribution in [0.15, 0.2) is 53.5 Å². The van der Waals surface area contributed by atoms with Crippen molar-refractivity contribution in [1.29, 1.82) is 0 Å². The molecule has 0 aliphatic carbocycles. The monoisotopic (exact) mass is 485 g/mol. The van der Waals surface area contributed by atoms with E-state index in [1.807, 2.05) is 21.9 Å². The van der Waals surface area contributed by atoms with E-state index in [2.05, 4.69) is 0 Å². The molecule has 0 unspecified atom stereocenters. The molecule has 0 N–H and O–H groups in total. The molecule has 7 nitrogen and oxygen atoms in total. The maximum Gasteiger partial charge on any atom is 0.250 e. The highest BCUT2D eigenvalue weighted by Crippen LogP contribution is 2.28. The van der Waals surface area contributed by atoms with Crippen LogP contribution in [0.2, 0.25) is 5.02 Å². The molecule has 34 heavy (non-hydrogen) atoms. The third-order valence-electron chi connectivity index (χ3n) is 6.73. The Hall–Kier alpha value is -2.80. The lowest BCUT2D eigenvalue weighted by atomic mass is 9.90. The SMILES string of the molecule is O=C(C[C@H]1CN(C(=O)CCn2ccccc2=O)CC[C@@H]1Oc1ccc(Cl)cc1)N1CCCCC1. The lowest BCUT2D eigenvalue weighted by Crippen LogP contribution is -2.50. The van der Waals surface area contributed by atoms with E-state index in [1.54, 1.807) is 35.0 Å². The van der Waals surface area contributed by atoms with Crippen LogP contribution in [0, 0.1) is 5.92 Å². The van der Waals surface area contributed by atoms with E-state index >= 15 is 0 Å². The van der Waals surface area contributed by atoms with Crippen LogP contribution in [-0.2, 0) is 16.1 Å². The molecule has 0 bridgehead atoms. The number of pyridine rings is 1. The molecule has 0 radical (unpaired) electrons. The zero-order valence-corrected chi connectivity index (χ0v) is 20.2. The number of benzene rings is 1. The van der Waals surface area contributed by atoms with Gasteiger partial charge in [0, 0.05) is 75.2 Å². The van der Waals surface area contributed by atoms with Gasteiger partial charge in [0.2, 0.25) is 11.8 Å². The van der Waals surface area contributed by atoms with Crippen molar-refractivity contribution in [2.75, 3.05) is 26.2 Å². The molecular weight excluding hydrogens is 454 g/mol. The zero-order valence-electron chi connectivity index (χ0n) is 19.4. The summed E-state index contributed by atoms with van der Waals surface area (Å²) in [5.74, 6) is 0.756. The van der Waals surface area contributed by atoms with Gasteiger partial charge in [0.25, 0.3) is 5.56 Å². The molecule has 1 aromatic heterocycles. The first-order valence-electron chi connectivity index (χ1n) is 12.1. The second-order valence-corrected chi connectivity index (χ2v) is 9.56. The van der Waals surface area contributed by atoms with E-state index in [-0.39, 0.29) is 35.8 Å². The number of likely N-dealkylation sites (tertiary alicyclic amines) is 2. The molecule has 1 aromatic carbocycles. The average molecular weight is 486 g/mol. The summed E-state index contributed by atoms with van der Waals surface area (Å²) in [6, 6.07) is 12.2. The summed E-state index contributed by atoms with van der Waals surface area (Å²) >= 11 is 6.00. The largest absolute Gasteiger partial charge is 0.490 e. The molecule has 2 atom stereocenters. The minimum atomic E-state index is -0.157. The van der Waals surface area contributed by atoms with Crippen molar-refractivity contribution in [2.45, 2.75) is 51.2 Å². The Morgan fingerprint density at radius 1 is 0.941 bits per heavy atom. The first-order chi connectivity index (χ1) is 16.5. The number of ether oxygens (including phenoxy) is 1. The minimum absolute atomic E-state index is 0.00359. The van der Waals surface area contributed by atoms with Crippen LogP contribution in [0.3, 0.4) is 0 Å². The summed E-state index contributed by atoms with van der Waals surface area (Å²) in [7, 11) is 0. The molecular formula is C26H32ClN3O4. The van der Waals surface area contributed by atoms with Gasteiger partial charge in [-0.3, -0.25) is 14.4 Å². The molecule has 2 amide bonds. The molecule has 2 fully saturated rings. The van der Waals surface area contributed by atoms with Crippen LogP contribution in [0.5, 0.6) is 5.75 Å². The fraction of sp³-hybridized carbons (Fsp3) is 0.500. The number of carbonyl (C=O) groups is 2. The molecule has 0 saturated carbocycles. The lowest BCUT2D eigenvalue weighted by Gasteiger charge is -2.39. The quantitative estimate of drug-likeness (QED) is 0.600. The minimum Gasteiger partial charge on any atom is -0.490 e. The highest BCUT2D eigenvalue weighted by atomic mass is 35.5. The smallest absolute Gasteiger partial charge is 0.250 e. The topological polar surface area (TPSA) is 71.8 Å². The summed E-state index contributed by atoms with van der Waals surface area (Å²) < 4.78 is 7.82. The van der Waals surface area contributed by atoms with Crippen LogP contribution in [0.25, 0.3) is 0 Å². The number of hydrogen-bond donors (Lipinski definition) is 0. The summed E-state index contributed by atoms with van der Waals surface area (Å²) in [6.45, 7) is 3.00. The van der Waals surface area contributed by atoms with Crippen LogP contribution >= 0.6 is 11.6 Å². The first kappa shape index (κ1) is 24.3. The summed E-state index contributed by atoms with van der Waals surface area (Å²) in [4.78, 5) is 41.7. The van der Waals surface area contributed by atoms with Gasteiger partial charge >= 0.3 is 0 Å². The van der Waals surface area contributed by atoms with Crippen molar-refractivity contribution in [3.05, 3.63) is 64.0 Å². The summed E-state index contributed by atoms with van der Waals surface area (Å²) in [6.07, 6.45) is 6.06. The van der Waals surface area contributed by atoms with Gasteiger partial charge in [-0.1, -0.05) is 17.7 Å². The fourth-order valence-electron chi connectivity index (χ4n) is 4.79. The Labute approximate surface area is 205 Å². The van der Waals surface area contributed by atoms with Crippen LogP contribution in [0.1, 0.15) is 38.5 Å². The van der Waals surface area contributed by atoms with Crippen molar-refractivity contribution >= 4 is 23.4 Å². The first-order valence-corrected chi connectivity index (χ1v) is 12.5. The number of aromatic nitrogens is 1. The second-order valence-electron chi connectivity index (χ2n) is 9.13. The average Bonchev–Trinajstić information content (AvgIpc) is 2.86. The van der Waals surface area contributed by atoms with Crippen molar-refractivity contribution in [3.63, 3.8) is 0 Å². The predicted octanol–water partition coefficient (Wildman–Crippen LogP) is 3.59. The summed E-state index contributed by atoms with van der Waals surface area (Å²) in [5.41, 5.74) is -0.115. The van der Waals surface area contributed by atoms with Gasteiger partial charge in [-0.25, -0.2) is 0 Å². The standard InChI is InChI=1S/C26H32ClN3O4/c27-21-7-9-22(10-8-21)34-23-11-16-30(25(32)12-17-29-15-5-2-6-24(29)31)19-20(23)18-26(33)28-13-3-1-4-14-28/h2,5-10,15,20,23H,1,3-4,11-14,16-19H2/t20-,23-/m0/s1. The van der Waals surface area contributed by atoms with E-state index in [0.717, 1.165) is 25.9 Å². The Morgan fingerprint density at radius 2 is 1.71 bits per heavy atom. The van der Waals surface area contributed by atoms with E-state index in [0.29, 0.717) is 43.2 Å². The van der Waals surface area contributed by atoms with E-state index in [1.165, 1.54) is 12.5 Å². The van der Waals surface area contributed by atoms with Crippen molar-refractivity contribution in [1.82, 2.24) is 14.4 Å². The maximum atomic E-state index is 13.0. The Balaban J connectivity index is 1.41. The Kier molecular flexibility index (Phi) is 8.27. The molecule has 2 saturated heterocycles. The molecule has 2 aromatic rings. The van der Waals surface area contributed by atoms with Crippen molar-refractivity contribution in [2.24, 2.45) is 5.92 Å². The number of rotatable bonds is 7. The number of aryl methyl sites for hydroxylation is 1. The van der Waals surface area contributed by atoms with Crippen LogP contribution in [-0.4, -0.2) is 58.5 Å². The molecule has 0 spiro atoms. The molecule has 8 heteroatoms. The number of amides is 2. The highest BCUT2D eigenvalue weighted by Gasteiger charge is 2.35. The van der Waals surface area contributed by atoms with E-state index in [4.69, 9.17) is 16.3 Å². The van der Waals surface area contributed by atoms with Crippen LogP contribution in [0.4, 0.5) is 0 Å². The second kappa shape index (κ2) is 11.6. The molecule has 2 aliphatic rings. The normalized spacial score (nSPS) is 20.7. The molecule has 3 heterocycles. The van der Waals surface area contributed by atoms with Crippen LogP contribution < -0.4 is 10.3 Å². The van der Waals surface area contributed by atoms with Gasteiger partial charge in [0.15, 0.2) is 0 Å². The van der Waals surface area contributed by atoms with Crippen molar-refractivity contribution < 1.29 is 14.3 Å². The molecule has 4 rings (SSSR count). The lowest BCUT2D eigenvalue weighted by molar-refractivity contribution is -0.139. The molecule has 2 aliphatic heterocycles. The zero-order chi connectivity index (χ0) is 23.9. The van der Waals surface area contributed by atoms with Gasteiger partial charge in [-0.05, 0) is 49.6 Å². The number of halogens is 1. The third kappa shape index (κ3) is 6.41. The molecule has 182 valence electrons. The number of piperidine rings is 2. The van der Waals surface area contributed by atoms with Gasteiger partial charge in [0.05, 0.1) is 0 Å². The van der Waals surface area contributed by atoms with Crippen molar-refractivity contribution in [3.8, 4) is 5.75 Å². The van der Waals surface area contributed by atoms with E-state index < -0.39 is 0 Å². The number of carbonyl (C=O) groups excluding carboxylic acids is 2. The Morgan fingerprint density at radius 3 is 2.44 bits per heavy atom. The predicted molar refractivity (Wildman–Crippen MR) is 131 cm³/mol. The van der Waals surface area contributed by atoms with Gasteiger partial charge in [-0.15, -0.1) is 0 Å². The van der Waals surface area contributed by atoms with Gasteiger partial charge in [0.1, 0.15) is 11.9 Å². The number of nitrogens with zero attached hydrogens (tertiary/aromatic N) is 3. The van der Waals surface area contributed by atoms with E-state index in [9.17, 15) is 14.4 Å². The maximum absolute atomic E-state index is 13.0. The van der Waals surface area contributed by atoms with Gasteiger partial charge < -0.3 is 19.1 Å². The number of hydrogen-bond acceptors (Lipinski definition) is 4. The summed E-state index contributed by atoms with van der Waals surface area (Å²) in [5, 5.41) is 0.641. The fourth-order valence-corrected chi connectivity index (χ4v) is 4.92. The highest BCUT2D eigenvalue weighted by molar-refractivity contribution is 6.30. The third-order valence-corrected chi connectivity index (χ3v) is 6.98. The Bertz CT molecular complexity index is 1030. The van der Waals surface area contributed by atoms with Gasteiger partial charge in [-0.2, -0.15) is 0 Å².